The van der Waals surface area contributed by atoms with Crippen LogP contribution in [0.2, 0.25) is 0 Å². The topological polar surface area (TPSA) is 18.5 Å². The molecule has 0 N–H and O–H groups in total. The number of alkyl halides is 11. The van der Waals surface area contributed by atoms with Gasteiger partial charge in [0.25, 0.3) is 0 Å². The van der Waals surface area contributed by atoms with Crippen molar-refractivity contribution in [3.05, 3.63) is 12.1 Å². The third-order valence-corrected chi connectivity index (χ3v) is 2.31. The van der Waals surface area contributed by atoms with Gasteiger partial charge < -0.3 is 4.74 Å². The Labute approximate surface area is 130 Å². The first-order valence-corrected chi connectivity index (χ1v) is 5.54. The number of hydrogen-bond acceptors (Lipinski definition) is 2. The van der Waals surface area contributed by atoms with E-state index in [-0.39, 0.29) is 0 Å². The molecule has 0 amide bonds. The van der Waals surface area contributed by atoms with E-state index < -0.39 is 62.9 Å². The van der Waals surface area contributed by atoms with Gasteiger partial charge in [-0.25, -0.2) is 4.74 Å². The van der Waals surface area contributed by atoms with Crippen LogP contribution >= 0.6 is 22.6 Å². The Morgan fingerprint density at radius 3 is 1.35 bits per heavy atom. The van der Waals surface area contributed by atoms with Crippen molar-refractivity contribution in [1.82, 2.24) is 0 Å². The standard InChI is InChI=1S/C7F13IO2/c8-1(9)2(10)22-5(15,16)3(11,12)6(17,18)23-7(19,20)4(13,14)21. The minimum atomic E-state index is -7.25. The lowest BCUT2D eigenvalue weighted by Gasteiger charge is -2.33. The van der Waals surface area contributed by atoms with E-state index in [1.807, 2.05) is 4.74 Å². The summed E-state index contributed by atoms with van der Waals surface area (Å²) in [5.74, 6) is -7.25. The molecule has 0 aliphatic heterocycles. The van der Waals surface area contributed by atoms with Crippen LogP contribution in [0.5, 0.6) is 0 Å². The molecule has 0 aliphatic carbocycles. The fourth-order valence-electron chi connectivity index (χ4n) is 0.668. The lowest BCUT2D eigenvalue weighted by atomic mass is 10.3. The molecule has 0 aromatic carbocycles. The molecule has 0 unspecified atom stereocenters. The highest BCUT2D eigenvalue weighted by Crippen LogP contribution is 2.52. The predicted octanol–water partition coefficient (Wildman–Crippen LogP) is 5.50. The fraction of sp³-hybridized carbons (Fsp3) is 0.714. The van der Waals surface area contributed by atoms with Crippen molar-refractivity contribution in [1.29, 1.82) is 0 Å². The third-order valence-electron chi connectivity index (χ3n) is 1.68. The summed E-state index contributed by atoms with van der Waals surface area (Å²) in [6.45, 7) is 0. The van der Waals surface area contributed by atoms with Gasteiger partial charge in [0.15, 0.2) is 0 Å². The van der Waals surface area contributed by atoms with Crippen molar-refractivity contribution in [3.63, 3.8) is 0 Å². The molecule has 0 aromatic rings. The van der Waals surface area contributed by atoms with Crippen LogP contribution in [0.3, 0.4) is 0 Å². The molecule has 23 heavy (non-hydrogen) atoms. The Morgan fingerprint density at radius 2 is 1.04 bits per heavy atom. The van der Waals surface area contributed by atoms with E-state index >= 15 is 0 Å². The first kappa shape index (κ1) is 22.3. The second-order valence-corrected chi connectivity index (χ2v) is 4.72. The molecular formula is C7F13IO2. The van der Waals surface area contributed by atoms with Crippen molar-refractivity contribution in [3.8, 4) is 0 Å². The summed E-state index contributed by atoms with van der Waals surface area (Å²) >= 11 is -0.535. The highest BCUT2D eigenvalue weighted by atomic mass is 127. The van der Waals surface area contributed by atoms with Gasteiger partial charge in [0.1, 0.15) is 0 Å². The summed E-state index contributed by atoms with van der Waals surface area (Å²) in [4.78, 5) is 0. The molecule has 0 fully saturated rings. The molecule has 2 nitrogen and oxygen atoms in total. The van der Waals surface area contributed by atoms with Crippen molar-refractivity contribution in [2.45, 2.75) is 28.2 Å². The molecule has 16 heteroatoms. The monoisotopic (exact) mass is 490 g/mol. The van der Waals surface area contributed by atoms with Crippen LogP contribution in [-0.4, -0.2) is 28.2 Å². The molecule has 0 saturated carbocycles. The average Bonchev–Trinajstić information content (AvgIpc) is 2.24. The Kier molecular flexibility index (Phi) is 6.13. The first-order valence-electron chi connectivity index (χ1n) is 4.46. The molecule has 0 heterocycles. The van der Waals surface area contributed by atoms with E-state index in [1.54, 1.807) is 4.74 Å². The first-order chi connectivity index (χ1) is 9.78. The highest BCUT2D eigenvalue weighted by Gasteiger charge is 2.79. The molecular weight excluding hydrogens is 490 g/mol. The van der Waals surface area contributed by atoms with E-state index in [9.17, 15) is 57.1 Å². The van der Waals surface area contributed by atoms with E-state index in [4.69, 9.17) is 0 Å². The number of hydrogen-bond donors (Lipinski definition) is 0. The van der Waals surface area contributed by atoms with Crippen LogP contribution < -0.4 is 0 Å². The van der Waals surface area contributed by atoms with Gasteiger partial charge in [-0.15, -0.1) is 0 Å². The van der Waals surface area contributed by atoms with Gasteiger partial charge in [0.05, 0.1) is 0 Å². The number of rotatable bonds is 7. The largest absolute Gasteiger partial charge is 0.475 e. The maximum atomic E-state index is 12.8. The highest BCUT2D eigenvalue weighted by molar-refractivity contribution is 14.1. The van der Waals surface area contributed by atoms with Crippen LogP contribution in [0.15, 0.2) is 12.1 Å². The summed E-state index contributed by atoms with van der Waals surface area (Å²) in [5.41, 5.74) is 0. The van der Waals surface area contributed by atoms with Gasteiger partial charge in [-0.1, -0.05) is 0 Å². The molecule has 0 bridgehead atoms. The zero-order valence-electron chi connectivity index (χ0n) is 9.61. The average molecular weight is 490 g/mol. The summed E-state index contributed by atoms with van der Waals surface area (Å²) in [6.07, 6.45) is -24.1. The molecule has 0 saturated heterocycles. The maximum absolute atomic E-state index is 12.8. The summed E-state index contributed by atoms with van der Waals surface area (Å²) in [5, 5.41) is 0. The summed E-state index contributed by atoms with van der Waals surface area (Å²) < 4.78 is 158. The van der Waals surface area contributed by atoms with Crippen LogP contribution in [0.4, 0.5) is 57.1 Å². The van der Waals surface area contributed by atoms with Crippen molar-refractivity contribution < 1.29 is 66.5 Å². The van der Waals surface area contributed by atoms with Gasteiger partial charge in [-0.05, 0) is 0 Å². The molecule has 0 rings (SSSR count). The molecule has 0 aromatic heterocycles. The predicted molar refractivity (Wildman–Crippen MR) is 51.3 cm³/mol. The van der Waals surface area contributed by atoms with Crippen LogP contribution in [0, 0.1) is 0 Å². The molecule has 0 aliphatic rings. The Bertz CT molecular complexity index is 463. The third kappa shape index (κ3) is 4.66. The van der Waals surface area contributed by atoms with Crippen LogP contribution in [0.1, 0.15) is 0 Å². The van der Waals surface area contributed by atoms with Crippen molar-refractivity contribution >= 4 is 22.6 Å². The molecule has 0 atom stereocenters. The second kappa shape index (κ2) is 6.32. The normalized spacial score (nSPS) is 14.7. The van der Waals surface area contributed by atoms with E-state index in [1.165, 1.54) is 0 Å². The minimum absolute atomic E-state index is 0.535. The van der Waals surface area contributed by atoms with Gasteiger partial charge in [0, 0.05) is 22.6 Å². The Morgan fingerprint density at radius 1 is 0.652 bits per heavy atom. The van der Waals surface area contributed by atoms with Crippen molar-refractivity contribution in [2.75, 3.05) is 0 Å². The minimum Gasteiger partial charge on any atom is -0.397 e. The SMILES string of the molecule is FC(F)=C(F)OC(F)(F)C(F)(F)C(F)(F)OC(F)(F)C(F)(F)I. The fourth-order valence-corrected chi connectivity index (χ4v) is 0.778. The summed E-state index contributed by atoms with van der Waals surface area (Å²) in [6, 6.07) is -3.74. The van der Waals surface area contributed by atoms with Crippen molar-refractivity contribution in [2.24, 2.45) is 0 Å². The quantitative estimate of drug-likeness (QED) is 0.203. The number of halogens is 14. The van der Waals surface area contributed by atoms with E-state index in [0.29, 0.717) is 0 Å². The van der Waals surface area contributed by atoms with Gasteiger partial charge in [-0.3, -0.25) is 0 Å². The zero-order valence-corrected chi connectivity index (χ0v) is 11.8. The second-order valence-electron chi connectivity index (χ2n) is 3.36. The Balaban J connectivity index is 5.66. The maximum Gasteiger partial charge on any atom is 0.475 e. The van der Waals surface area contributed by atoms with Gasteiger partial charge in [-0.2, -0.15) is 57.1 Å². The molecule has 138 valence electrons. The van der Waals surface area contributed by atoms with Gasteiger partial charge in [0.2, 0.25) is 0 Å². The van der Waals surface area contributed by atoms with E-state index in [2.05, 4.69) is 0 Å². The van der Waals surface area contributed by atoms with Crippen LogP contribution in [0.25, 0.3) is 0 Å². The molecule has 0 radical (unpaired) electrons. The van der Waals surface area contributed by atoms with E-state index in [0.717, 1.165) is 0 Å². The molecule has 0 spiro atoms. The van der Waals surface area contributed by atoms with Crippen LogP contribution in [-0.2, 0) is 9.47 Å². The van der Waals surface area contributed by atoms with Gasteiger partial charge >= 0.3 is 40.3 Å². The lowest BCUT2D eigenvalue weighted by Crippen LogP contribution is -2.59. The number of ether oxygens (including phenoxy) is 2. The lowest BCUT2D eigenvalue weighted by molar-refractivity contribution is -0.496. The summed E-state index contributed by atoms with van der Waals surface area (Å²) in [7, 11) is 0. The smallest absolute Gasteiger partial charge is 0.397 e. The zero-order chi connectivity index (χ0) is 19.1. The Hall–Kier alpha value is -0.680.